The summed E-state index contributed by atoms with van der Waals surface area (Å²) in [4.78, 5) is 2.04. The first kappa shape index (κ1) is 12.0. The van der Waals surface area contributed by atoms with Gasteiger partial charge in [0, 0.05) is 18.3 Å². The van der Waals surface area contributed by atoms with Crippen LogP contribution in [0.5, 0.6) is 5.75 Å². The molecule has 2 N–H and O–H groups in total. The van der Waals surface area contributed by atoms with Gasteiger partial charge in [-0.15, -0.1) is 0 Å². The first-order chi connectivity index (χ1) is 9.08. The number of hydrogen-bond donors (Lipinski definition) is 1. The van der Waals surface area contributed by atoms with Crippen LogP contribution in [0.25, 0.3) is 0 Å². The van der Waals surface area contributed by atoms with Gasteiger partial charge < -0.3 is 15.4 Å². The van der Waals surface area contributed by atoms with Gasteiger partial charge in [-0.25, -0.2) is 0 Å². The summed E-state index contributed by atoms with van der Waals surface area (Å²) in [5, 5.41) is -0.156. The number of hydrogen-bond acceptors (Lipinski definition) is 5. The normalized spacial score (nSPS) is 20.3. The lowest BCUT2D eigenvalue weighted by molar-refractivity contribution is 0.309. The van der Waals surface area contributed by atoms with Crippen LogP contribution in [0, 0.1) is 0 Å². The summed E-state index contributed by atoms with van der Waals surface area (Å²) in [5.74, 6) is 0.797. The van der Waals surface area contributed by atoms with Crippen molar-refractivity contribution in [3.63, 3.8) is 0 Å². The molecular formula is C12H13N3O3S. The number of rotatable bonds is 2. The molecule has 0 bridgehead atoms. The molecule has 0 amide bonds. The second-order valence-electron chi connectivity index (χ2n) is 4.34. The lowest BCUT2D eigenvalue weighted by Crippen LogP contribution is -2.34. The number of fused-ring (bicyclic) bond motifs is 1. The first-order valence-electron chi connectivity index (χ1n) is 5.84. The van der Waals surface area contributed by atoms with E-state index in [-0.39, 0.29) is 5.03 Å². The Hall–Kier alpha value is -2.02. The highest BCUT2D eigenvalue weighted by atomic mass is 32.2. The Balaban J connectivity index is 1.91. The fraction of sp³-hybridized carbons (Fsp3) is 0.250. The van der Waals surface area contributed by atoms with Gasteiger partial charge in [-0.05, 0) is 12.1 Å². The number of benzene rings is 1. The van der Waals surface area contributed by atoms with Crippen molar-refractivity contribution in [3.8, 4) is 5.75 Å². The third kappa shape index (κ3) is 2.06. The van der Waals surface area contributed by atoms with Crippen LogP contribution in [-0.2, 0) is 10.0 Å². The number of anilines is 1. The molecule has 0 spiro atoms. The van der Waals surface area contributed by atoms with Gasteiger partial charge in [0.05, 0.1) is 12.2 Å². The van der Waals surface area contributed by atoms with Crippen LogP contribution in [0.15, 0.2) is 39.3 Å². The van der Waals surface area contributed by atoms with Crippen LogP contribution >= 0.6 is 0 Å². The lowest BCUT2D eigenvalue weighted by Gasteiger charge is -2.31. The predicted molar refractivity (Wildman–Crippen MR) is 72.8 cm³/mol. The van der Waals surface area contributed by atoms with Gasteiger partial charge in [0.1, 0.15) is 12.4 Å². The summed E-state index contributed by atoms with van der Waals surface area (Å²) in [5.41, 5.74) is 7.06. The van der Waals surface area contributed by atoms with E-state index in [0.717, 1.165) is 11.4 Å². The maximum absolute atomic E-state index is 11.4. The van der Waals surface area contributed by atoms with Crippen LogP contribution < -0.4 is 15.4 Å². The molecule has 0 unspecified atom stereocenters. The molecule has 6 nitrogen and oxygen atoms in total. The minimum atomic E-state index is -3.63. The molecular weight excluding hydrogens is 266 g/mol. The van der Waals surface area contributed by atoms with Crippen molar-refractivity contribution >= 4 is 21.9 Å². The summed E-state index contributed by atoms with van der Waals surface area (Å²) in [6.45, 7) is 1.66. The molecule has 2 aliphatic heterocycles. The van der Waals surface area contributed by atoms with Crippen LogP contribution in [0.1, 0.15) is 0 Å². The molecule has 0 aromatic heterocycles. The van der Waals surface area contributed by atoms with Gasteiger partial charge in [0.15, 0.2) is 5.03 Å². The fourth-order valence-corrected chi connectivity index (χ4v) is 2.96. The molecule has 1 aromatic rings. The molecule has 3 rings (SSSR count). The van der Waals surface area contributed by atoms with Crippen molar-refractivity contribution in [2.75, 3.05) is 24.6 Å². The maximum Gasteiger partial charge on any atom is 0.297 e. The number of nitrogens with zero attached hydrogens (tertiary/aromatic N) is 2. The highest BCUT2D eigenvalue weighted by molar-refractivity contribution is 7.94. The van der Waals surface area contributed by atoms with Crippen molar-refractivity contribution in [1.82, 2.24) is 0 Å². The zero-order chi connectivity index (χ0) is 13.5. The number of para-hydroxylation sites is 2. The Kier molecular flexibility index (Phi) is 2.70. The summed E-state index contributed by atoms with van der Waals surface area (Å²) >= 11 is 0. The molecule has 2 heterocycles. The Morgan fingerprint density at radius 2 is 2.16 bits per heavy atom. The maximum atomic E-state index is 11.4. The topological polar surface area (TPSA) is 85.0 Å². The average molecular weight is 279 g/mol. The molecule has 0 saturated carbocycles. The predicted octanol–water partition coefficient (Wildman–Crippen LogP) is 0.470. The summed E-state index contributed by atoms with van der Waals surface area (Å²) in [7, 11) is -3.63. The Labute approximate surface area is 111 Å². The molecule has 0 saturated heterocycles. The zero-order valence-electron chi connectivity index (χ0n) is 10.1. The van der Waals surface area contributed by atoms with Gasteiger partial charge in [-0.2, -0.15) is 12.8 Å². The number of nitrogens with two attached hydrogens (primary N) is 1. The largest absolute Gasteiger partial charge is 0.490 e. The molecule has 2 aliphatic rings. The lowest BCUT2D eigenvalue weighted by atomic mass is 10.2. The average Bonchev–Trinajstić information content (AvgIpc) is 2.66. The van der Waals surface area contributed by atoms with E-state index in [1.165, 1.54) is 6.21 Å². The van der Waals surface area contributed by atoms with E-state index in [1.807, 2.05) is 29.2 Å². The Bertz CT molecular complexity index is 679. The number of sulfonamides is 1. The van der Waals surface area contributed by atoms with Crippen LogP contribution in [0.2, 0.25) is 0 Å². The third-order valence-corrected chi connectivity index (χ3v) is 4.33. The molecule has 1 aromatic carbocycles. The van der Waals surface area contributed by atoms with Crippen molar-refractivity contribution in [1.29, 1.82) is 0 Å². The monoisotopic (exact) mass is 279 g/mol. The van der Waals surface area contributed by atoms with E-state index in [2.05, 4.69) is 4.40 Å². The molecule has 0 radical (unpaired) electrons. The zero-order valence-corrected chi connectivity index (χ0v) is 10.9. The van der Waals surface area contributed by atoms with Crippen molar-refractivity contribution in [3.05, 3.63) is 34.9 Å². The smallest absolute Gasteiger partial charge is 0.297 e. The molecule has 0 fully saturated rings. The molecule has 100 valence electrons. The van der Waals surface area contributed by atoms with E-state index >= 15 is 0 Å². The van der Waals surface area contributed by atoms with Gasteiger partial charge in [-0.1, -0.05) is 12.1 Å². The van der Waals surface area contributed by atoms with Gasteiger partial charge >= 0.3 is 0 Å². The number of ether oxygens (including phenoxy) is 1. The summed E-state index contributed by atoms with van der Waals surface area (Å²) < 4.78 is 31.9. The molecule has 0 aliphatic carbocycles. The minimum Gasteiger partial charge on any atom is -0.490 e. The van der Waals surface area contributed by atoms with Crippen LogP contribution in [0.3, 0.4) is 0 Å². The standard InChI is InChI=1S/C12H13N3O3S/c13-12-9(7-14-19(12,16)17)8-15-5-6-18-11-4-2-1-3-10(11)15/h1-4,7H,5-6,8,13H2. The van der Waals surface area contributed by atoms with Crippen molar-refractivity contribution < 1.29 is 13.2 Å². The highest BCUT2D eigenvalue weighted by Crippen LogP contribution is 2.31. The van der Waals surface area contributed by atoms with E-state index in [9.17, 15) is 8.42 Å². The van der Waals surface area contributed by atoms with Crippen LogP contribution in [-0.4, -0.2) is 34.3 Å². The van der Waals surface area contributed by atoms with E-state index in [1.54, 1.807) is 0 Å². The highest BCUT2D eigenvalue weighted by Gasteiger charge is 2.26. The Morgan fingerprint density at radius 3 is 2.89 bits per heavy atom. The minimum absolute atomic E-state index is 0.156. The Morgan fingerprint density at radius 1 is 1.37 bits per heavy atom. The first-order valence-corrected chi connectivity index (χ1v) is 7.28. The second-order valence-corrected chi connectivity index (χ2v) is 5.94. The van der Waals surface area contributed by atoms with Crippen LogP contribution in [0.4, 0.5) is 5.69 Å². The summed E-state index contributed by atoms with van der Waals surface area (Å²) in [6, 6.07) is 7.64. The van der Waals surface area contributed by atoms with Gasteiger partial charge in [0.25, 0.3) is 10.0 Å². The molecule has 7 heteroatoms. The molecule has 19 heavy (non-hydrogen) atoms. The third-order valence-electron chi connectivity index (χ3n) is 3.13. The SMILES string of the molecule is NC1=C(CN2CCOc3ccccc32)C=NS1(=O)=O. The quantitative estimate of drug-likeness (QED) is 0.850. The molecule has 0 atom stereocenters. The van der Waals surface area contributed by atoms with Crippen molar-refractivity contribution in [2.45, 2.75) is 0 Å². The van der Waals surface area contributed by atoms with E-state index in [0.29, 0.717) is 25.3 Å². The summed E-state index contributed by atoms with van der Waals surface area (Å²) in [6.07, 6.45) is 1.32. The van der Waals surface area contributed by atoms with Crippen molar-refractivity contribution in [2.24, 2.45) is 10.1 Å². The van der Waals surface area contributed by atoms with Gasteiger partial charge in [-0.3, -0.25) is 0 Å². The fourth-order valence-electron chi connectivity index (χ4n) is 2.13. The second kappa shape index (κ2) is 4.27. The van der Waals surface area contributed by atoms with Gasteiger partial charge in [0.2, 0.25) is 0 Å². The van der Waals surface area contributed by atoms with E-state index < -0.39 is 10.0 Å². The van der Waals surface area contributed by atoms with E-state index in [4.69, 9.17) is 10.5 Å².